The Bertz CT molecular complexity index is 568. The van der Waals surface area contributed by atoms with Gasteiger partial charge >= 0.3 is 0 Å². The molecule has 2 aromatic carbocycles. The van der Waals surface area contributed by atoms with Crippen molar-refractivity contribution in [1.29, 1.82) is 0 Å². The molecular formula is C17H18BrNO. The zero-order valence-electron chi connectivity index (χ0n) is 11.5. The topological polar surface area (TPSA) is 29.1 Å². The fourth-order valence-corrected chi connectivity index (χ4v) is 2.57. The summed E-state index contributed by atoms with van der Waals surface area (Å²) in [7, 11) is 0. The summed E-state index contributed by atoms with van der Waals surface area (Å²) in [5, 5.41) is 3.12. The largest absolute Gasteiger partial charge is 0.345 e. The molecule has 0 aliphatic carbocycles. The van der Waals surface area contributed by atoms with E-state index in [1.807, 2.05) is 42.5 Å². The van der Waals surface area contributed by atoms with E-state index < -0.39 is 0 Å². The summed E-state index contributed by atoms with van der Waals surface area (Å²) in [6.07, 6.45) is 1.96. The second-order valence-electron chi connectivity index (χ2n) is 4.74. The summed E-state index contributed by atoms with van der Waals surface area (Å²) in [5.41, 5.74) is 1.83. The molecule has 20 heavy (non-hydrogen) atoms. The maximum absolute atomic E-state index is 12.3. The molecular weight excluding hydrogens is 314 g/mol. The number of nitrogens with one attached hydrogen (secondary N) is 1. The van der Waals surface area contributed by atoms with Gasteiger partial charge in [-0.2, -0.15) is 0 Å². The van der Waals surface area contributed by atoms with Crippen LogP contribution in [0.15, 0.2) is 59.1 Å². The number of amides is 1. The van der Waals surface area contributed by atoms with Crippen molar-refractivity contribution in [3.8, 4) is 0 Å². The smallest absolute Gasteiger partial charge is 0.251 e. The number of hydrogen-bond donors (Lipinski definition) is 1. The lowest BCUT2D eigenvalue weighted by Gasteiger charge is -2.18. The van der Waals surface area contributed by atoms with Gasteiger partial charge in [-0.15, -0.1) is 0 Å². The monoisotopic (exact) mass is 331 g/mol. The number of benzene rings is 2. The van der Waals surface area contributed by atoms with Crippen molar-refractivity contribution in [2.45, 2.75) is 25.8 Å². The van der Waals surface area contributed by atoms with Gasteiger partial charge in [0.05, 0.1) is 6.04 Å². The highest BCUT2D eigenvalue weighted by Crippen LogP contribution is 2.19. The van der Waals surface area contributed by atoms with Crippen LogP contribution in [-0.2, 0) is 0 Å². The van der Waals surface area contributed by atoms with E-state index in [9.17, 15) is 4.79 Å². The second kappa shape index (κ2) is 7.25. The maximum atomic E-state index is 12.3. The number of carbonyl (C=O) groups is 1. The van der Waals surface area contributed by atoms with Crippen LogP contribution in [0.25, 0.3) is 0 Å². The highest BCUT2D eigenvalue weighted by molar-refractivity contribution is 9.10. The fourth-order valence-electron chi connectivity index (χ4n) is 2.17. The minimum Gasteiger partial charge on any atom is -0.345 e. The first-order valence-corrected chi connectivity index (χ1v) is 7.61. The lowest BCUT2D eigenvalue weighted by atomic mass is 10.0. The lowest BCUT2D eigenvalue weighted by molar-refractivity contribution is 0.0934. The second-order valence-corrected chi connectivity index (χ2v) is 5.65. The summed E-state index contributed by atoms with van der Waals surface area (Å²) in [6.45, 7) is 2.13. The molecule has 0 radical (unpaired) electrons. The Morgan fingerprint density at radius 1 is 1.15 bits per heavy atom. The Morgan fingerprint density at radius 3 is 2.55 bits per heavy atom. The third-order valence-electron chi connectivity index (χ3n) is 3.17. The Morgan fingerprint density at radius 2 is 1.90 bits per heavy atom. The zero-order valence-corrected chi connectivity index (χ0v) is 13.1. The van der Waals surface area contributed by atoms with Gasteiger partial charge in [0.1, 0.15) is 0 Å². The molecule has 0 spiro atoms. The standard InChI is InChI=1S/C17H18BrNO/c1-2-7-16(13-8-4-3-5-9-13)19-17(20)14-10-6-11-15(18)12-14/h3-6,8-12,16H,2,7H2,1H3,(H,19,20). The van der Waals surface area contributed by atoms with E-state index in [-0.39, 0.29) is 11.9 Å². The van der Waals surface area contributed by atoms with E-state index in [2.05, 4.69) is 40.3 Å². The molecule has 2 nitrogen and oxygen atoms in total. The van der Waals surface area contributed by atoms with E-state index in [4.69, 9.17) is 0 Å². The molecule has 0 aliphatic rings. The average Bonchev–Trinajstić information content (AvgIpc) is 2.47. The summed E-state index contributed by atoms with van der Waals surface area (Å²) in [5.74, 6) is -0.0337. The highest BCUT2D eigenvalue weighted by atomic mass is 79.9. The first kappa shape index (κ1) is 14.8. The van der Waals surface area contributed by atoms with Crippen molar-refractivity contribution in [1.82, 2.24) is 5.32 Å². The Balaban J connectivity index is 2.14. The Labute approximate surface area is 128 Å². The molecule has 2 aromatic rings. The van der Waals surface area contributed by atoms with Gasteiger partial charge < -0.3 is 5.32 Å². The third-order valence-corrected chi connectivity index (χ3v) is 3.66. The van der Waals surface area contributed by atoms with Gasteiger partial charge in [0.25, 0.3) is 5.91 Å². The summed E-state index contributed by atoms with van der Waals surface area (Å²) >= 11 is 3.39. The molecule has 0 bridgehead atoms. The van der Waals surface area contributed by atoms with E-state index >= 15 is 0 Å². The Hall–Kier alpha value is -1.61. The highest BCUT2D eigenvalue weighted by Gasteiger charge is 2.14. The molecule has 0 saturated heterocycles. The SMILES string of the molecule is CCCC(NC(=O)c1cccc(Br)c1)c1ccccc1. The molecule has 0 aliphatic heterocycles. The minimum absolute atomic E-state index is 0.0337. The Kier molecular flexibility index (Phi) is 5.36. The fraction of sp³-hybridized carbons (Fsp3) is 0.235. The molecule has 1 N–H and O–H groups in total. The van der Waals surface area contributed by atoms with Gasteiger partial charge in [-0.1, -0.05) is 65.7 Å². The summed E-state index contributed by atoms with van der Waals surface area (Å²) in [6, 6.07) is 17.6. The van der Waals surface area contributed by atoms with Crippen LogP contribution in [0.1, 0.15) is 41.7 Å². The van der Waals surface area contributed by atoms with Gasteiger partial charge in [-0.3, -0.25) is 4.79 Å². The molecule has 0 saturated carbocycles. The van der Waals surface area contributed by atoms with Crippen molar-refractivity contribution >= 4 is 21.8 Å². The number of halogens is 1. The van der Waals surface area contributed by atoms with Crippen LogP contribution in [0.4, 0.5) is 0 Å². The third kappa shape index (κ3) is 3.94. The van der Waals surface area contributed by atoms with Crippen molar-refractivity contribution in [2.75, 3.05) is 0 Å². The first-order valence-electron chi connectivity index (χ1n) is 6.82. The normalized spacial score (nSPS) is 11.9. The molecule has 1 unspecified atom stereocenters. The van der Waals surface area contributed by atoms with Crippen molar-refractivity contribution in [3.63, 3.8) is 0 Å². The van der Waals surface area contributed by atoms with Gasteiger partial charge in [-0.25, -0.2) is 0 Å². The molecule has 3 heteroatoms. The maximum Gasteiger partial charge on any atom is 0.251 e. The van der Waals surface area contributed by atoms with Crippen LogP contribution >= 0.6 is 15.9 Å². The van der Waals surface area contributed by atoms with Crippen molar-refractivity contribution in [3.05, 3.63) is 70.2 Å². The summed E-state index contributed by atoms with van der Waals surface area (Å²) in [4.78, 5) is 12.3. The molecule has 1 atom stereocenters. The molecule has 0 fully saturated rings. The van der Waals surface area contributed by atoms with Gasteiger partial charge in [-0.05, 0) is 30.2 Å². The van der Waals surface area contributed by atoms with E-state index in [1.54, 1.807) is 0 Å². The lowest BCUT2D eigenvalue weighted by Crippen LogP contribution is -2.28. The molecule has 104 valence electrons. The van der Waals surface area contributed by atoms with Crippen LogP contribution in [0.5, 0.6) is 0 Å². The van der Waals surface area contributed by atoms with Crippen molar-refractivity contribution in [2.24, 2.45) is 0 Å². The molecule has 2 rings (SSSR count). The van der Waals surface area contributed by atoms with E-state index in [1.165, 1.54) is 0 Å². The van der Waals surface area contributed by atoms with E-state index in [0.717, 1.165) is 22.9 Å². The van der Waals surface area contributed by atoms with Gasteiger partial charge in [0, 0.05) is 10.0 Å². The number of carbonyl (C=O) groups excluding carboxylic acids is 1. The predicted molar refractivity (Wildman–Crippen MR) is 85.7 cm³/mol. The number of rotatable bonds is 5. The van der Waals surface area contributed by atoms with E-state index in [0.29, 0.717) is 5.56 Å². The van der Waals surface area contributed by atoms with Crippen LogP contribution in [-0.4, -0.2) is 5.91 Å². The average molecular weight is 332 g/mol. The molecule has 0 heterocycles. The predicted octanol–water partition coefficient (Wildman–Crippen LogP) is 4.72. The minimum atomic E-state index is -0.0337. The molecule has 0 aromatic heterocycles. The van der Waals surface area contributed by atoms with Gasteiger partial charge in [0.2, 0.25) is 0 Å². The zero-order chi connectivity index (χ0) is 14.4. The van der Waals surface area contributed by atoms with Crippen molar-refractivity contribution < 1.29 is 4.79 Å². The molecule has 1 amide bonds. The quantitative estimate of drug-likeness (QED) is 0.843. The van der Waals surface area contributed by atoms with Crippen LogP contribution < -0.4 is 5.32 Å². The number of hydrogen-bond acceptors (Lipinski definition) is 1. The van der Waals surface area contributed by atoms with Crippen LogP contribution in [0, 0.1) is 0 Å². The van der Waals surface area contributed by atoms with Gasteiger partial charge in [0.15, 0.2) is 0 Å². The van der Waals surface area contributed by atoms with Crippen LogP contribution in [0.2, 0.25) is 0 Å². The summed E-state index contributed by atoms with van der Waals surface area (Å²) < 4.78 is 0.914. The first-order chi connectivity index (χ1) is 9.70. The van der Waals surface area contributed by atoms with Crippen LogP contribution in [0.3, 0.4) is 0 Å².